The summed E-state index contributed by atoms with van der Waals surface area (Å²) in [6.07, 6.45) is 14.3. The first-order valence-electron chi connectivity index (χ1n) is 39.1. The third-order valence-corrected chi connectivity index (χ3v) is 28.2. The number of hydrogen-bond acceptors (Lipinski definition) is 1. The summed E-state index contributed by atoms with van der Waals surface area (Å²) in [7, 11) is 0. The molecule has 3 heteroatoms. The number of furan rings is 1. The Balaban J connectivity index is 0.000000125. The van der Waals surface area contributed by atoms with E-state index in [0.717, 1.165) is 69.3 Å². The molecule has 10 aliphatic carbocycles. The van der Waals surface area contributed by atoms with Gasteiger partial charge in [-0.15, -0.1) is 0 Å². The molecule has 8 fully saturated rings. The van der Waals surface area contributed by atoms with Crippen molar-refractivity contribution in [2.75, 3.05) is 0 Å². The molecular weight excluding hydrogens is 1270 g/mol. The van der Waals surface area contributed by atoms with Gasteiger partial charge in [0, 0.05) is 54.4 Å². The Morgan fingerprint density at radius 1 is 0.248 bits per heavy atom. The highest BCUT2D eigenvalue weighted by atomic mass is 16.3. The second kappa shape index (κ2) is 22.1. The van der Waals surface area contributed by atoms with Crippen molar-refractivity contribution in [2.24, 2.45) is 47.3 Å². The van der Waals surface area contributed by atoms with Crippen molar-refractivity contribution in [2.45, 2.75) is 75.0 Å². The van der Waals surface area contributed by atoms with E-state index < -0.39 is 0 Å². The summed E-state index contributed by atoms with van der Waals surface area (Å²) < 4.78 is 11.1. The van der Waals surface area contributed by atoms with Crippen LogP contribution in [0.3, 0.4) is 0 Å². The van der Waals surface area contributed by atoms with Crippen LogP contribution in [0.2, 0.25) is 0 Å². The minimum Gasteiger partial charge on any atom is -0.456 e. The molecule has 14 aromatic carbocycles. The van der Waals surface area contributed by atoms with Gasteiger partial charge in [0.15, 0.2) is 0 Å². The fourth-order valence-corrected chi connectivity index (χ4v) is 24.7. The van der Waals surface area contributed by atoms with Crippen LogP contribution in [0, 0.1) is 47.3 Å². The molecule has 17 aromatic rings. The Hall–Kier alpha value is -11.3. The van der Waals surface area contributed by atoms with Gasteiger partial charge < -0.3 is 13.6 Å². The minimum absolute atomic E-state index is 0.199. The summed E-state index contributed by atoms with van der Waals surface area (Å²) in [6.45, 7) is 0. The topological polar surface area (TPSA) is 23.0 Å². The van der Waals surface area contributed by atoms with Crippen molar-refractivity contribution in [3.8, 4) is 78.1 Å². The maximum absolute atomic E-state index is 6.12. The van der Waals surface area contributed by atoms with Crippen LogP contribution in [0.15, 0.2) is 308 Å². The number of hydrogen-bond donors (Lipinski definition) is 0. The average molecular weight is 1350 g/mol. The number of benzene rings is 14. The zero-order valence-electron chi connectivity index (χ0n) is 58.9. The molecule has 2 spiro atoms. The maximum Gasteiger partial charge on any atom is 0.135 e. The summed E-state index contributed by atoms with van der Waals surface area (Å²) in [5, 5.41) is 10.1. The normalized spacial score (nSPS) is 23.9. The first kappa shape index (κ1) is 59.2. The van der Waals surface area contributed by atoms with Gasteiger partial charge in [0.05, 0.1) is 27.8 Å². The minimum atomic E-state index is 0.199. The predicted molar refractivity (Wildman–Crippen MR) is 435 cm³/mol. The highest BCUT2D eigenvalue weighted by Crippen LogP contribution is 2.71. The van der Waals surface area contributed by atoms with Crippen LogP contribution >= 0.6 is 0 Å². The molecule has 0 unspecified atom stereocenters. The Morgan fingerprint density at radius 2 is 0.667 bits per heavy atom. The molecule has 10 aliphatic rings. The van der Waals surface area contributed by atoms with E-state index in [1.54, 1.807) is 22.3 Å². The number of fused-ring (bicyclic) bond motifs is 16. The molecule has 0 N–H and O–H groups in total. The van der Waals surface area contributed by atoms with E-state index in [-0.39, 0.29) is 10.8 Å². The third kappa shape index (κ3) is 8.28. The van der Waals surface area contributed by atoms with E-state index >= 15 is 0 Å². The molecule has 8 bridgehead atoms. The lowest BCUT2D eigenvalue weighted by Crippen LogP contribution is -2.55. The van der Waals surface area contributed by atoms with Crippen LogP contribution in [0.25, 0.3) is 154 Å². The van der Waals surface area contributed by atoms with Gasteiger partial charge in [-0.05, 0) is 285 Å². The Kier molecular flexibility index (Phi) is 12.5. The summed E-state index contributed by atoms with van der Waals surface area (Å²) in [5.74, 6) is 6.94. The van der Waals surface area contributed by atoms with Crippen LogP contribution in [0.5, 0.6) is 0 Å². The molecule has 3 aromatic heterocycles. The summed E-state index contributed by atoms with van der Waals surface area (Å²) in [6, 6.07) is 114. The van der Waals surface area contributed by atoms with Crippen LogP contribution in [-0.2, 0) is 10.8 Å². The molecule has 3 heterocycles. The van der Waals surface area contributed by atoms with E-state index in [4.69, 9.17) is 4.42 Å². The van der Waals surface area contributed by atoms with Crippen molar-refractivity contribution in [3.05, 3.63) is 326 Å². The standard InChI is InChI=1S/C52H39NO.C50H39N/c1-4-12-45-40(8-1)43-30-35(18-22-46(43)52(45)36-25-31-24-32(27-36)28-37(52)26-31)39-11-7-14-48-51(39)42-10-2-5-13-47(42)53(48)38-20-16-33(17-21-38)34-19-23-50-44(29-34)41-9-3-6-15-49(41)54-50;1-2-11-34-29-35(21-20-33(34)10-1)39-12-4-7-17-46(39)51-47-18-8-5-14-42(47)49-40(15-9-19-48(49)51)36-22-23-45-43(30-36)41-13-3-6-16-44(41)50(45)37-25-31-24-32(27-37)28-38(50)26-31/h1-23,29-32,36-37H,24-28H2;1-23,29-32,37-38H,24-28H2. The van der Waals surface area contributed by atoms with E-state index in [1.807, 2.05) is 12.1 Å². The first-order valence-corrected chi connectivity index (χ1v) is 39.1. The molecule has 105 heavy (non-hydrogen) atoms. The quantitative estimate of drug-likeness (QED) is 0.163. The first-order chi connectivity index (χ1) is 52.0. The second-order valence-corrected chi connectivity index (χ2v) is 33.0. The van der Waals surface area contributed by atoms with Crippen LogP contribution < -0.4 is 0 Å². The molecule has 27 rings (SSSR count). The zero-order chi connectivity index (χ0) is 68.4. The highest BCUT2D eigenvalue weighted by molar-refractivity contribution is 6.18. The zero-order valence-corrected chi connectivity index (χ0v) is 58.9. The molecule has 0 saturated heterocycles. The second-order valence-electron chi connectivity index (χ2n) is 33.0. The van der Waals surface area contributed by atoms with Crippen molar-refractivity contribution >= 4 is 76.3 Å². The van der Waals surface area contributed by atoms with Gasteiger partial charge in [-0.2, -0.15) is 0 Å². The molecular formula is C102H78N2O. The van der Waals surface area contributed by atoms with Gasteiger partial charge in [0.2, 0.25) is 0 Å². The largest absolute Gasteiger partial charge is 0.456 e. The number of para-hydroxylation sites is 4. The number of nitrogens with zero attached hydrogens (tertiary/aromatic N) is 2. The lowest BCUT2D eigenvalue weighted by atomic mass is 9.43. The molecule has 0 atom stereocenters. The van der Waals surface area contributed by atoms with E-state index in [9.17, 15) is 0 Å². The Bertz CT molecular complexity index is 6470. The average Bonchev–Trinajstić information content (AvgIpc) is 1.54. The van der Waals surface area contributed by atoms with E-state index in [1.165, 1.54) is 197 Å². The highest BCUT2D eigenvalue weighted by Gasteiger charge is 2.63. The molecule has 0 aliphatic heterocycles. The molecule has 0 amide bonds. The van der Waals surface area contributed by atoms with Crippen molar-refractivity contribution in [3.63, 3.8) is 0 Å². The summed E-state index contributed by atoms with van der Waals surface area (Å²) in [4.78, 5) is 0. The summed E-state index contributed by atoms with van der Waals surface area (Å²) >= 11 is 0. The fraction of sp³-hybridized carbons (Fsp3) is 0.196. The van der Waals surface area contributed by atoms with Crippen LogP contribution in [-0.4, -0.2) is 9.13 Å². The smallest absolute Gasteiger partial charge is 0.135 e. The lowest BCUT2D eigenvalue weighted by molar-refractivity contribution is -0.0399. The van der Waals surface area contributed by atoms with Gasteiger partial charge in [-0.25, -0.2) is 0 Å². The lowest BCUT2D eigenvalue weighted by Gasteiger charge is -2.61. The van der Waals surface area contributed by atoms with Crippen LogP contribution in [0.1, 0.15) is 86.5 Å². The van der Waals surface area contributed by atoms with E-state index in [2.05, 4.69) is 300 Å². The third-order valence-electron chi connectivity index (χ3n) is 28.2. The van der Waals surface area contributed by atoms with Crippen LogP contribution in [0.4, 0.5) is 0 Å². The Labute approximate surface area is 612 Å². The maximum atomic E-state index is 6.12. The molecule has 502 valence electrons. The van der Waals surface area contributed by atoms with Gasteiger partial charge in [0.25, 0.3) is 0 Å². The van der Waals surface area contributed by atoms with Crippen molar-refractivity contribution < 1.29 is 4.42 Å². The molecule has 8 saturated carbocycles. The van der Waals surface area contributed by atoms with E-state index in [0.29, 0.717) is 0 Å². The SMILES string of the molecule is c1ccc(-n2c3ccccc3c3c(-c4ccc5c(c4)-c4ccccc4C54C5CC6CC(C5)CC4C6)cccc32)c(-c2ccc3ccccc3c2)c1.c1ccc2c(c1)-c1cc(-c3cccc4c3c3ccccc3n4-c3ccc(-c4ccc5oc6ccccc6c5c4)cc3)ccc1C21C2CC3CC(C2)CC1C3. The summed E-state index contributed by atoms with van der Waals surface area (Å²) in [5.41, 5.74) is 32.2. The molecule has 0 radical (unpaired) electrons. The predicted octanol–water partition coefficient (Wildman–Crippen LogP) is 26.7. The Morgan fingerprint density at radius 3 is 1.27 bits per heavy atom. The fourth-order valence-electron chi connectivity index (χ4n) is 24.7. The number of rotatable bonds is 6. The molecule has 3 nitrogen and oxygen atoms in total. The number of aromatic nitrogens is 2. The van der Waals surface area contributed by atoms with Gasteiger partial charge in [0.1, 0.15) is 11.2 Å². The van der Waals surface area contributed by atoms with Crippen molar-refractivity contribution in [1.29, 1.82) is 0 Å². The van der Waals surface area contributed by atoms with Gasteiger partial charge in [-0.1, -0.05) is 224 Å². The van der Waals surface area contributed by atoms with Gasteiger partial charge in [-0.3, -0.25) is 0 Å². The monoisotopic (exact) mass is 1350 g/mol. The van der Waals surface area contributed by atoms with Crippen molar-refractivity contribution in [1.82, 2.24) is 9.13 Å². The van der Waals surface area contributed by atoms with Gasteiger partial charge >= 0.3 is 0 Å².